The van der Waals surface area contributed by atoms with E-state index < -0.39 is 0 Å². The number of nitrogen functional groups attached to an aromatic ring is 1. The molecule has 0 unspecified atom stereocenters. The van der Waals surface area contributed by atoms with Gasteiger partial charge in [0.2, 0.25) is 5.95 Å². The Morgan fingerprint density at radius 1 is 1.20 bits per heavy atom. The van der Waals surface area contributed by atoms with Crippen LogP contribution in [0.15, 0.2) is 29.2 Å². The summed E-state index contributed by atoms with van der Waals surface area (Å²) in [5, 5.41) is 0. The van der Waals surface area contributed by atoms with Crippen LogP contribution in [0.25, 0.3) is 0 Å². The van der Waals surface area contributed by atoms with Gasteiger partial charge in [0.05, 0.1) is 6.61 Å². The molecule has 0 fully saturated rings. The Balaban J connectivity index is 2.30. The first-order valence-electron chi connectivity index (χ1n) is 5.93. The molecule has 2 rings (SSSR count). The fourth-order valence-corrected chi connectivity index (χ4v) is 1.97. The molecule has 1 aromatic carbocycles. The molecule has 0 aliphatic carbocycles. The highest BCUT2D eigenvalue weighted by atomic mass is 32.2. The number of ether oxygens (including phenoxy) is 2. The summed E-state index contributed by atoms with van der Waals surface area (Å²) in [7, 11) is 0. The molecule has 0 aliphatic heterocycles. The number of para-hydroxylation sites is 1. The van der Waals surface area contributed by atoms with E-state index in [9.17, 15) is 0 Å². The average Bonchev–Trinajstić information content (AvgIpc) is 2.48. The van der Waals surface area contributed by atoms with Gasteiger partial charge < -0.3 is 9.47 Å². The number of hydrazine groups is 1. The number of nitrogens with one attached hydrogen (secondary N) is 1. The Labute approximate surface area is 120 Å². The van der Waals surface area contributed by atoms with E-state index in [-0.39, 0.29) is 18.0 Å². The van der Waals surface area contributed by atoms with Gasteiger partial charge in [-0.3, -0.25) is 5.43 Å². The minimum Gasteiger partial charge on any atom is -0.464 e. The number of nitrogens with two attached hydrogens (primary N) is 1. The number of thioether (sulfide) groups is 1. The van der Waals surface area contributed by atoms with E-state index in [1.807, 2.05) is 37.4 Å². The van der Waals surface area contributed by atoms with Crippen LogP contribution < -0.4 is 20.7 Å². The molecule has 0 radical (unpaired) electrons. The number of benzene rings is 1. The van der Waals surface area contributed by atoms with Crippen LogP contribution in [-0.2, 0) is 0 Å². The molecule has 0 spiro atoms. The third-order valence-electron chi connectivity index (χ3n) is 2.27. The molecule has 0 aliphatic rings. The highest BCUT2D eigenvalue weighted by Gasteiger charge is 2.10. The van der Waals surface area contributed by atoms with Crippen LogP contribution in [-0.4, -0.2) is 27.8 Å². The second-order valence-electron chi connectivity index (χ2n) is 3.55. The predicted molar refractivity (Wildman–Crippen MR) is 77.1 cm³/mol. The van der Waals surface area contributed by atoms with Crippen LogP contribution in [0, 0.1) is 0 Å². The maximum atomic E-state index is 5.67. The summed E-state index contributed by atoms with van der Waals surface area (Å²) in [6.45, 7) is 2.28. The smallest absolute Gasteiger partial charge is 0.330 e. The summed E-state index contributed by atoms with van der Waals surface area (Å²) >= 11 is 1.57. The zero-order valence-corrected chi connectivity index (χ0v) is 12.0. The monoisotopic (exact) mass is 293 g/mol. The van der Waals surface area contributed by atoms with Crippen molar-refractivity contribution < 1.29 is 9.47 Å². The van der Waals surface area contributed by atoms with E-state index in [1.54, 1.807) is 11.8 Å². The van der Waals surface area contributed by atoms with Gasteiger partial charge in [-0.15, -0.1) is 16.7 Å². The van der Waals surface area contributed by atoms with Crippen LogP contribution >= 0.6 is 11.8 Å². The molecular formula is C12H15N5O2S. The topological polar surface area (TPSA) is 95.2 Å². The first-order chi connectivity index (χ1) is 9.76. The lowest BCUT2D eigenvalue weighted by Gasteiger charge is -2.09. The van der Waals surface area contributed by atoms with Crippen molar-refractivity contribution in [3.05, 3.63) is 24.3 Å². The van der Waals surface area contributed by atoms with Crippen molar-refractivity contribution >= 4 is 17.7 Å². The van der Waals surface area contributed by atoms with Gasteiger partial charge in [0, 0.05) is 4.90 Å². The zero-order valence-electron chi connectivity index (χ0n) is 11.2. The standard InChI is InChI=1S/C12H15N5O2S/c1-3-18-11-14-10(17-13)15-12(16-11)19-8-6-4-5-7-9(8)20-2/h4-7H,3,13H2,1-2H3,(H,14,15,16,17). The molecule has 7 nitrogen and oxygen atoms in total. The minimum absolute atomic E-state index is 0.123. The van der Waals surface area contributed by atoms with E-state index in [1.165, 1.54) is 0 Å². The highest BCUT2D eigenvalue weighted by Crippen LogP contribution is 2.30. The molecule has 0 atom stereocenters. The normalized spacial score (nSPS) is 10.2. The van der Waals surface area contributed by atoms with Gasteiger partial charge in [0.25, 0.3) is 0 Å². The number of anilines is 1. The summed E-state index contributed by atoms with van der Waals surface area (Å²) in [6.07, 6.45) is 1.97. The van der Waals surface area contributed by atoms with Crippen molar-refractivity contribution in [3.8, 4) is 17.8 Å². The minimum atomic E-state index is 0.123. The molecule has 20 heavy (non-hydrogen) atoms. The van der Waals surface area contributed by atoms with Gasteiger partial charge >= 0.3 is 12.0 Å². The molecule has 2 aromatic rings. The van der Waals surface area contributed by atoms with Gasteiger partial charge in [-0.2, -0.15) is 9.97 Å². The first-order valence-corrected chi connectivity index (χ1v) is 7.15. The zero-order chi connectivity index (χ0) is 14.4. The van der Waals surface area contributed by atoms with Gasteiger partial charge in [0.15, 0.2) is 0 Å². The largest absolute Gasteiger partial charge is 0.464 e. The SMILES string of the molecule is CCOc1nc(NN)nc(Oc2ccccc2SC)n1. The Bertz CT molecular complexity index is 582. The molecule has 0 saturated heterocycles. The predicted octanol–water partition coefficient (Wildman–Crippen LogP) is 2.07. The highest BCUT2D eigenvalue weighted by molar-refractivity contribution is 7.98. The lowest BCUT2D eigenvalue weighted by Crippen LogP contribution is -2.12. The quantitative estimate of drug-likeness (QED) is 0.475. The Hall–Kier alpha value is -2.06. The van der Waals surface area contributed by atoms with Crippen molar-refractivity contribution in [1.82, 2.24) is 15.0 Å². The lowest BCUT2D eigenvalue weighted by atomic mass is 10.3. The molecule has 0 amide bonds. The lowest BCUT2D eigenvalue weighted by molar-refractivity contribution is 0.303. The van der Waals surface area contributed by atoms with Crippen LogP contribution in [0.4, 0.5) is 5.95 Å². The molecule has 3 N–H and O–H groups in total. The summed E-state index contributed by atoms with van der Waals surface area (Å²) in [5.74, 6) is 6.16. The number of hydrogen-bond donors (Lipinski definition) is 2. The fourth-order valence-electron chi connectivity index (χ4n) is 1.44. The second kappa shape index (κ2) is 6.92. The van der Waals surface area contributed by atoms with Gasteiger partial charge in [0.1, 0.15) is 5.75 Å². The summed E-state index contributed by atoms with van der Waals surface area (Å²) < 4.78 is 10.9. The molecule has 106 valence electrons. The molecule has 1 heterocycles. The summed E-state index contributed by atoms with van der Waals surface area (Å²) in [4.78, 5) is 13.0. The number of aromatic nitrogens is 3. The average molecular weight is 293 g/mol. The van der Waals surface area contributed by atoms with E-state index in [0.29, 0.717) is 12.4 Å². The molecule has 1 aromatic heterocycles. The van der Waals surface area contributed by atoms with Crippen LogP contribution in [0.2, 0.25) is 0 Å². The van der Waals surface area contributed by atoms with Gasteiger partial charge in [-0.05, 0) is 25.3 Å². The van der Waals surface area contributed by atoms with Crippen molar-refractivity contribution in [2.75, 3.05) is 18.3 Å². The Morgan fingerprint density at radius 2 is 1.95 bits per heavy atom. The van der Waals surface area contributed by atoms with Gasteiger partial charge in [-0.25, -0.2) is 5.84 Å². The third kappa shape index (κ3) is 3.49. The van der Waals surface area contributed by atoms with Crippen molar-refractivity contribution in [3.63, 3.8) is 0 Å². The fraction of sp³-hybridized carbons (Fsp3) is 0.250. The maximum Gasteiger partial charge on any atom is 0.330 e. The van der Waals surface area contributed by atoms with E-state index in [4.69, 9.17) is 15.3 Å². The summed E-state index contributed by atoms with van der Waals surface area (Å²) in [6, 6.07) is 7.88. The maximum absolute atomic E-state index is 5.67. The molecule has 0 saturated carbocycles. The van der Waals surface area contributed by atoms with Crippen LogP contribution in [0.3, 0.4) is 0 Å². The Morgan fingerprint density at radius 3 is 2.65 bits per heavy atom. The number of nitrogens with zero attached hydrogens (tertiary/aromatic N) is 3. The van der Waals surface area contributed by atoms with Crippen LogP contribution in [0.5, 0.6) is 17.8 Å². The van der Waals surface area contributed by atoms with Crippen molar-refractivity contribution in [2.45, 2.75) is 11.8 Å². The van der Waals surface area contributed by atoms with E-state index in [2.05, 4.69) is 20.4 Å². The molecular weight excluding hydrogens is 278 g/mol. The van der Waals surface area contributed by atoms with E-state index >= 15 is 0 Å². The Kier molecular flexibility index (Phi) is 4.97. The van der Waals surface area contributed by atoms with Gasteiger partial charge in [-0.1, -0.05) is 12.1 Å². The third-order valence-corrected chi connectivity index (χ3v) is 3.04. The van der Waals surface area contributed by atoms with Crippen molar-refractivity contribution in [2.24, 2.45) is 5.84 Å². The summed E-state index contributed by atoms with van der Waals surface area (Å²) in [5.41, 5.74) is 2.35. The van der Waals surface area contributed by atoms with E-state index in [0.717, 1.165) is 4.90 Å². The number of hydrogen-bond acceptors (Lipinski definition) is 8. The molecule has 8 heteroatoms. The molecule has 0 bridgehead atoms. The van der Waals surface area contributed by atoms with Crippen LogP contribution in [0.1, 0.15) is 6.92 Å². The first kappa shape index (κ1) is 14.4. The van der Waals surface area contributed by atoms with Crippen molar-refractivity contribution in [1.29, 1.82) is 0 Å². The second-order valence-corrected chi connectivity index (χ2v) is 4.40. The number of rotatable bonds is 6.